The van der Waals surface area contributed by atoms with Crippen molar-refractivity contribution in [3.05, 3.63) is 29.8 Å². The maximum Gasteiger partial charge on any atom is 0.119 e. The van der Waals surface area contributed by atoms with Gasteiger partial charge in [-0.1, -0.05) is 12.1 Å². The molecule has 0 atom stereocenters. The van der Waals surface area contributed by atoms with Crippen LogP contribution in [0.4, 0.5) is 0 Å². The smallest absolute Gasteiger partial charge is 0.119 e. The van der Waals surface area contributed by atoms with Crippen molar-refractivity contribution in [2.75, 3.05) is 33.4 Å². The molecule has 1 fully saturated rings. The third-order valence-corrected chi connectivity index (χ3v) is 3.91. The van der Waals surface area contributed by atoms with Crippen LogP contribution in [0, 0.1) is 5.41 Å². The van der Waals surface area contributed by atoms with Crippen molar-refractivity contribution in [2.45, 2.75) is 26.2 Å². The summed E-state index contributed by atoms with van der Waals surface area (Å²) in [4.78, 5) is 2.33. The first kappa shape index (κ1) is 14.4. The second kappa shape index (κ2) is 6.40. The van der Waals surface area contributed by atoms with Gasteiger partial charge in [-0.3, -0.25) is 0 Å². The van der Waals surface area contributed by atoms with E-state index < -0.39 is 0 Å². The zero-order valence-corrected chi connectivity index (χ0v) is 12.1. The molecule has 0 bridgehead atoms. The molecule has 0 amide bonds. The summed E-state index contributed by atoms with van der Waals surface area (Å²) in [5.74, 6) is 0.941. The third-order valence-electron chi connectivity index (χ3n) is 3.91. The van der Waals surface area contributed by atoms with Crippen LogP contribution < -0.4 is 4.74 Å². The van der Waals surface area contributed by atoms with E-state index in [1.807, 2.05) is 19.1 Å². The van der Waals surface area contributed by atoms with Crippen LogP contribution in [0.5, 0.6) is 5.75 Å². The van der Waals surface area contributed by atoms with E-state index in [4.69, 9.17) is 4.74 Å². The van der Waals surface area contributed by atoms with E-state index in [9.17, 15) is 5.11 Å². The number of hydrogen-bond acceptors (Lipinski definition) is 3. The topological polar surface area (TPSA) is 32.7 Å². The summed E-state index contributed by atoms with van der Waals surface area (Å²) in [6.07, 6.45) is 3.40. The van der Waals surface area contributed by atoms with Crippen molar-refractivity contribution < 1.29 is 9.84 Å². The Kier molecular flexibility index (Phi) is 4.83. The monoisotopic (exact) mass is 263 g/mol. The molecule has 0 radical (unpaired) electrons. The Morgan fingerprint density at radius 3 is 2.47 bits per heavy atom. The van der Waals surface area contributed by atoms with Crippen LogP contribution in [0.2, 0.25) is 0 Å². The lowest BCUT2D eigenvalue weighted by atomic mass is 10.1. The Labute approximate surface area is 116 Å². The fourth-order valence-electron chi connectivity index (χ4n) is 2.43. The van der Waals surface area contributed by atoms with Crippen LogP contribution in [-0.4, -0.2) is 43.4 Å². The summed E-state index contributed by atoms with van der Waals surface area (Å²) >= 11 is 0. The van der Waals surface area contributed by atoms with Crippen molar-refractivity contribution in [1.82, 2.24) is 4.90 Å². The first-order valence-corrected chi connectivity index (χ1v) is 7.18. The first-order chi connectivity index (χ1) is 9.17. The molecule has 3 heteroatoms. The molecule has 1 aromatic carbocycles. The lowest BCUT2D eigenvalue weighted by molar-refractivity contribution is 0.165. The number of nitrogens with zero attached hydrogens (tertiary/aromatic N) is 1. The number of rotatable bonds is 8. The highest BCUT2D eigenvalue weighted by atomic mass is 16.5. The molecule has 0 unspecified atom stereocenters. The SMILES string of the molecule is CCOc1ccc(CCN(C)CC2(CO)CC2)cc1. The molecule has 106 valence electrons. The molecule has 0 spiro atoms. The van der Waals surface area contributed by atoms with E-state index in [0.29, 0.717) is 13.2 Å². The van der Waals surface area contributed by atoms with E-state index in [1.165, 1.54) is 18.4 Å². The van der Waals surface area contributed by atoms with Gasteiger partial charge in [-0.25, -0.2) is 0 Å². The maximum atomic E-state index is 9.33. The molecule has 1 aromatic rings. The van der Waals surface area contributed by atoms with Crippen molar-refractivity contribution in [3.63, 3.8) is 0 Å². The van der Waals surface area contributed by atoms with Crippen LogP contribution >= 0.6 is 0 Å². The second-order valence-corrected chi connectivity index (χ2v) is 5.72. The number of hydrogen-bond donors (Lipinski definition) is 1. The van der Waals surface area contributed by atoms with Gasteiger partial charge in [-0.15, -0.1) is 0 Å². The summed E-state index contributed by atoms with van der Waals surface area (Å²) < 4.78 is 5.44. The van der Waals surface area contributed by atoms with Crippen LogP contribution in [-0.2, 0) is 6.42 Å². The normalized spacial score (nSPS) is 16.6. The van der Waals surface area contributed by atoms with Crippen molar-refractivity contribution in [2.24, 2.45) is 5.41 Å². The van der Waals surface area contributed by atoms with Crippen LogP contribution in [0.1, 0.15) is 25.3 Å². The summed E-state index contributed by atoms with van der Waals surface area (Å²) in [6.45, 7) is 5.10. The highest BCUT2D eigenvalue weighted by molar-refractivity contribution is 5.27. The predicted molar refractivity (Wildman–Crippen MR) is 77.6 cm³/mol. The van der Waals surface area contributed by atoms with Gasteiger partial charge in [-0.2, -0.15) is 0 Å². The fraction of sp³-hybridized carbons (Fsp3) is 0.625. The molecule has 1 saturated carbocycles. The van der Waals surface area contributed by atoms with Gasteiger partial charge >= 0.3 is 0 Å². The zero-order valence-electron chi connectivity index (χ0n) is 12.1. The summed E-state index contributed by atoms with van der Waals surface area (Å²) in [6, 6.07) is 8.35. The molecule has 2 rings (SSSR count). The summed E-state index contributed by atoms with van der Waals surface area (Å²) in [5.41, 5.74) is 1.55. The highest BCUT2D eigenvalue weighted by Crippen LogP contribution is 2.45. The highest BCUT2D eigenvalue weighted by Gasteiger charge is 2.42. The zero-order chi connectivity index (χ0) is 13.7. The molecule has 19 heavy (non-hydrogen) atoms. The largest absolute Gasteiger partial charge is 0.494 e. The second-order valence-electron chi connectivity index (χ2n) is 5.72. The van der Waals surface area contributed by atoms with Gasteiger partial charge in [0.15, 0.2) is 0 Å². The number of aliphatic hydroxyl groups excluding tert-OH is 1. The Morgan fingerprint density at radius 1 is 1.26 bits per heavy atom. The van der Waals surface area contributed by atoms with E-state index in [1.54, 1.807) is 0 Å². The van der Waals surface area contributed by atoms with Gasteiger partial charge in [0.25, 0.3) is 0 Å². The number of ether oxygens (including phenoxy) is 1. The minimum absolute atomic E-state index is 0.216. The molecule has 1 aliphatic carbocycles. The van der Waals surface area contributed by atoms with Crippen LogP contribution in [0.25, 0.3) is 0 Å². The molecule has 1 N–H and O–H groups in total. The average Bonchev–Trinajstić information content (AvgIpc) is 3.19. The number of benzene rings is 1. The molecule has 0 saturated heterocycles. The maximum absolute atomic E-state index is 9.33. The molecular weight excluding hydrogens is 238 g/mol. The molecule has 1 aliphatic rings. The van der Waals surface area contributed by atoms with Gasteiger partial charge < -0.3 is 14.7 Å². The lowest BCUT2D eigenvalue weighted by Crippen LogP contribution is -2.30. The predicted octanol–water partition coefficient (Wildman–Crippen LogP) is 2.33. The van der Waals surface area contributed by atoms with Gasteiger partial charge in [0.1, 0.15) is 5.75 Å². The van der Waals surface area contributed by atoms with Crippen LogP contribution in [0.3, 0.4) is 0 Å². The Bertz CT molecular complexity index is 384. The lowest BCUT2D eigenvalue weighted by Gasteiger charge is -2.22. The Hall–Kier alpha value is -1.06. The Morgan fingerprint density at radius 2 is 1.95 bits per heavy atom. The summed E-state index contributed by atoms with van der Waals surface area (Å²) in [5, 5.41) is 9.33. The summed E-state index contributed by atoms with van der Waals surface area (Å²) in [7, 11) is 2.14. The van der Waals surface area contributed by atoms with Gasteiger partial charge in [0, 0.05) is 25.1 Å². The Balaban J connectivity index is 1.75. The fourth-order valence-corrected chi connectivity index (χ4v) is 2.43. The van der Waals surface area contributed by atoms with Crippen molar-refractivity contribution in [3.8, 4) is 5.75 Å². The van der Waals surface area contributed by atoms with Gasteiger partial charge in [0.05, 0.1) is 6.61 Å². The number of likely N-dealkylation sites (N-methyl/N-ethyl adjacent to an activating group) is 1. The van der Waals surface area contributed by atoms with E-state index in [2.05, 4.69) is 24.1 Å². The standard InChI is InChI=1S/C16H25NO2/c1-3-19-15-6-4-14(5-7-15)8-11-17(2)12-16(13-18)9-10-16/h4-7,18H,3,8-13H2,1-2H3. The molecule has 0 aliphatic heterocycles. The van der Waals surface area contributed by atoms with Crippen molar-refractivity contribution >= 4 is 0 Å². The van der Waals surface area contributed by atoms with Gasteiger partial charge in [0.2, 0.25) is 0 Å². The quantitative estimate of drug-likeness (QED) is 0.781. The van der Waals surface area contributed by atoms with Crippen molar-refractivity contribution in [1.29, 1.82) is 0 Å². The van der Waals surface area contributed by atoms with E-state index in [-0.39, 0.29) is 5.41 Å². The number of aliphatic hydroxyl groups is 1. The van der Waals surface area contributed by atoms with E-state index in [0.717, 1.165) is 25.3 Å². The minimum atomic E-state index is 0.216. The molecular formula is C16H25NO2. The molecule has 0 aromatic heterocycles. The first-order valence-electron chi connectivity index (χ1n) is 7.18. The van der Waals surface area contributed by atoms with Crippen LogP contribution in [0.15, 0.2) is 24.3 Å². The molecule has 3 nitrogen and oxygen atoms in total. The van der Waals surface area contributed by atoms with E-state index >= 15 is 0 Å². The third kappa shape index (κ3) is 4.22. The average molecular weight is 263 g/mol. The van der Waals surface area contributed by atoms with Gasteiger partial charge in [-0.05, 0) is 50.9 Å². The molecule has 0 heterocycles. The minimum Gasteiger partial charge on any atom is -0.494 e.